The normalized spacial score (nSPS) is 10.1. The van der Waals surface area contributed by atoms with Gasteiger partial charge >= 0.3 is 81.5 Å². The summed E-state index contributed by atoms with van der Waals surface area (Å²) < 4.78 is 14.0. The van der Waals surface area contributed by atoms with Crippen LogP contribution >= 0.6 is 0 Å². The Morgan fingerprint density at radius 2 is 0.889 bits per heavy atom. The first-order chi connectivity index (χ1) is 21.7. The Hall–Kier alpha value is -2.36. The smallest absolute Gasteiger partial charge is 0.0643 e. The zero-order valence-electron chi connectivity index (χ0n) is 28.4. The first-order valence-electron chi connectivity index (χ1n) is 17.0. The SMILES string of the molecule is CCCCCCCCOC(=O)c1ccccc1C(=O)OCCCCCCCC.CCC[CH2][Sn+2][CH2]CCC.O=C([O-])/C=C\C(=O)[O-]. The molecule has 0 radical (unpaired) electrons. The summed E-state index contributed by atoms with van der Waals surface area (Å²) in [5, 5.41) is 18.8. The van der Waals surface area contributed by atoms with Crippen LogP contribution in [0.15, 0.2) is 36.4 Å². The Morgan fingerprint density at radius 3 is 1.22 bits per heavy atom. The van der Waals surface area contributed by atoms with Crippen molar-refractivity contribution in [2.45, 2.75) is 139 Å². The number of unbranched alkanes of at least 4 members (excludes halogenated alkanes) is 12. The third kappa shape index (κ3) is 31.4. The van der Waals surface area contributed by atoms with Gasteiger partial charge in [-0.1, -0.05) is 90.2 Å². The molecule has 0 aliphatic heterocycles. The Bertz CT molecular complexity index is 845. The summed E-state index contributed by atoms with van der Waals surface area (Å²) >= 11 is 0.149. The Kier molecular flexibility index (Phi) is 34.3. The molecule has 0 fully saturated rings. The van der Waals surface area contributed by atoms with Crippen LogP contribution in [-0.4, -0.2) is 58.2 Å². The van der Waals surface area contributed by atoms with Crippen molar-refractivity contribution in [1.29, 1.82) is 0 Å². The zero-order valence-corrected chi connectivity index (χ0v) is 31.2. The number of carbonyl (C=O) groups excluding carboxylic acids is 4. The van der Waals surface area contributed by atoms with E-state index < -0.39 is 23.9 Å². The number of rotatable bonds is 24. The molecular weight excluding hydrogens is 679 g/mol. The molecule has 0 aromatic heterocycles. The van der Waals surface area contributed by atoms with Gasteiger partial charge in [-0.2, -0.15) is 0 Å². The molecule has 0 unspecified atom stereocenters. The average molecular weight is 738 g/mol. The molecule has 254 valence electrons. The van der Waals surface area contributed by atoms with Gasteiger partial charge in [0, 0.05) is 0 Å². The van der Waals surface area contributed by atoms with Crippen molar-refractivity contribution in [2.75, 3.05) is 13.2 Å². The minimum atomic E-state index is -1.55. The molecule has 8 nitrogen and oxygen atoms in total. The molecule has 45 heavy (non-hydrogen) atoms. The molecule has 0 bridgehead atoms. The average Bonchev–Trinajstić information content (AvgIpc) is 3.03. The fraction of sp³-hybridized carbons (Fsp3) is 0.667. The van der Waals surface area contributed by atoms with Crippen LogP contribution in [0, 0.1) is 0 Å². The molecule has 0 heterocycles. The Labute approximate surface area is 283 Å². The number of carboxylic acid groups (broad SMARTS) is 2. The minimum Gasteiger partial charge on any atom is -0.545 e. The van der Waals surface area contributed by atoms with E-state index in [1.807, 2.05) is 0 Å². The number of carbonyl (C=O) groups is 4. The number of aliphatic carboxylic acids is 2. The van der Waals surface area contributed by atoms with Gasteiger partial charge in [-0.3, -0.25) is 0 Å². The molecule has 0 atom stereocenters. The van der Waals surface area contributed by atoms with Gasteiger partial charge < -0.3 is 29.3 Å². The Balaban J connectivity index is 0. The third-order valence-electron chi connectivity index (χ3n) is 6.60. The first kappa shape index (κ1) is 44.8. The predicted molar refractivity (Wildman–Crippen MR) is 178 cm³/mol. The standard InChI is InChI=1S/C24H38O4.C4H4O4.2C4H9.Sn/c1-3-5-7-9-11-15-19-27-23(25)21-17-13-14-18-22(21)24(26)28-20-16-12-10-8-6-4-2;5-3(6)1-2-4(7)8;2*1-3-4-2;/h13-14,17-18H,3-12,15-16,19-20H2,1-2H3;1-2H,(H,5,6)(H,7,8);2*1,3-4H2,2H3;/q;;;;+2/p-2/b;2-1-;;;. The van der Waals surface area contributed by atoms with Crippen LogP contribution in [0.25, 0.3) is 0 Å². The fourth-order valence-electron chi connectivity index (χ4n) is 3.95. The van der Waals surface area contributed by atoms with Gasteiger partial charge in [0.2, 0.25) is 0 Å². The van der Waals surface area contributed by atoms with E-state index in [2.05, 4.69) is 27.7 Å². The van der Waals surface area contributed by atoms with Gasteiger partial charge in [0.1, 0.15) is 0 Å². The summed E-state index contributed by atoms with van der Waals surface area (Å²) in [4.78, 5) is 43.5. The molecule has 1 aromatic rings. The molecule has 0 amide bonds. The third-order valence-corrected chi connectivity index (χ3v) is 10.6. The van der Waals surface area contributed by atoms with E-state index in [4.69, 9.17) is 9.47 Å². The molecule has 0 saturated carbocycles. The van der Waals surface area contributed by atoms with Crippen LogP contribution in [0.2, 0.25) is 8.87 Å². The monoisotopic (exact) mass is 738 g/mol. The molecule has 0 saturated heterocycles. The van der Waals surface area contributed by atoms with Gasteiger partial charge in [-0.05, 0) is 37.1 Å². The summed E-state index contributed by atoms with van der Waals surface area (Å²) in [6, 6.07) is 6.74. The van der Waals surface area contributed by atoms with Crippen molar-refractivity contribution in [2.24, 2.45) is 0 Å². The first-order valence-corrected chi connectivity index (χ1v) is 21.0. The predicted octanol–water partition coefficient (Wildman–Crippen LogP) is 6.89. The van der Waals surface area contributed by atoms with Crippen LogP contribution in [0.3, 0.4) is 0 Å². The van der Waals surface area contributed by atoms with Crippen LogP contribution in [0.1, 0.15) is 151 Å². The summed E-state index contributed by atoms with van der Waals surface area (Å²) in [6.45, 7) is 9.76. The maximum absolute atomic E-state index is 12.4. The van der Waals surface area contributed by atoms with E-state index in [9.17, 15) is 29.4 Å². The molecule has 1 rings (SSSR count). The molecule has 9 heteroatoms. The second-order valence-corrected chi connectivity index (χ2v) is 15.1. The van der Waals surface area contributed by atoms with Gasteiger partial charge in [-0.25, -0.2) is 9.59 Å². The van der Waals surface area contributed by atoms with Crippen molar-refractivity contribution in [1.82, 2.24) is 0 Å². The largest absolute Gasteiger partial charge is 0.545 e. The van der Waals surface area contributed by atoms with Crippen molar-refractivity contribution in [3.63, 3.8) is 0 Å². The van der Waals surface area contributed by atoms with Crippen molar-refractivity contribution >= 4 is 45.0 Å². The van der Waals surface area contributed by atoms with E-state index in [0.717, 1.165) is 25.7 Å². The summed E-state index contributed by atoms with van der Waals surface area (Å²) in [7, 11) is 0. The maximum Gasteiger partial charge on any atom is 0.0643 e. The van der Waals surface area contributed by atoms with E-state index in [1.165, 1.54) is 77.0 Å². The molecule has 0 aliphatic carbocycles. The summed E-state index contributed by atoms with van der Waals surface area (Å²) in [5.41, 5.74) is 0.586. The second-order valence-electron chi connectivity index (χ2n) is 10.8. The number of hydrogen-bond donors (Lipinski definition) is 0. The van der Waals surface area contributed by atoms with Crippen LogP contribution in [-0.2, 0) is 19.1 Å². The molecular formula is C36H58O8Sn. The minimum absolute atomic E-state index is 0.149. The van der Waals surface area contributed by atoms with Gasteiger partial charge in [0.15, 0.2) is 0 Å². The molecule has 0 aliphatic rings. The van der Waals surface area contributed by atoms with Crippen molar-refractivity contribution in [3.8, 4) is 0 Å². The van der Waals surface area contributed by atoms with Gasteiger partial charge in [0.25, 0.3) is 0 Å². The van der Waals surface area contributed by atoms with E-state index in [1.54, 1.807) is 33.1 Å². The number of ether oxygens (including phenoxy) is 2. The zero-order chi connectivity index (χ0) is 34.0. The number of benzene rings is 1. The van der Waals surface area contributed by atoms with Crippen LogP contribution in [0.4, 0.5) is 0 Å². The van der Waals surface area contributed by atoms with E-state index in [0.29, 0.717) is 36.5 Å². The molecule has 0 spiro atoms. The topological polar surface area (TPSA) is 133 Å². The number of esters is 2. The quantitative estimate of drug-likeness (QED) is 0.0485. The summed E-state index contributed by atoms with van der Waals surface area (Å²) in [5.74, 6) is -3.98. The molecule has 0 N–H and O–H groups in total. The number of carboxylic acids is 2. The summed E-state index contributed by atoms with van der Waals surface area (Å²) in [6.07, 6.45) is 20.2. The maximum atomic E-state index is 12.4. The van der Waals surface area contributed by atoms with Crippen LogP contribution < -0.4 is 10.2 Å². The van der Waals surface area contributed by atoms with Gasteiger partial charge in [-0.15, -0.1) is 0 Å². The van der Waals surface area contributed by atoms with Crippen LogP contribution in [0.5, 0.6) is 0 Å². The van der Waals surface area contributed by atoms with Crippen molar-refractivity contribution in [3.05, 3.63) is 47.5 Å². The second kappa shape index (κ2) is 34.5. The molecule has 1 aromatic carbocycles. The van der Waals surface area contributed by atoms with Gasteiger partial charge in [0.05, 0.1) is 36.3 Å². The fourth-order valence-corrected chi connectivity index (χ4v) is 8.11. The van der Waals surface area contributed by atoms with E-state index >= 15 is 0 Å². The number of hydrogen-bond acceptors (Lipinski definition) is 8. The Morgan fingerprint density at radius 1 is 0.556 bits per heavy atom. The van der Waals surface area contributed by atoms with Crippen molar-refractivity contribution < 1.29 is 38.9 Å². The van der Waals surface area contributed by atoms with E-state index in [-0.39, 0.29) is 21.1 Å².